The SMILES string of the molecule is O=C(NCCc1ccc(C(F)(F)F)cc1)c1nc(C2CC2)cnc1Nc1cncnc1. The Hall–Kier alpha value is -3.56. The number of amides is 1. The van der Waals surface area contributed by atoms with Gasteiger partial charge in [-0.2, -0.15) is 13.2 Å². The van der Waals surface area contributed by atoms with Gasteiger partial charge in [-0.3, -0.25) is 4.79 Å². The molecule has 160 valence electrons. The first-order valence-corrected chi connectivity index (χ1v) is 9.73. The van der Waals surface area contributed by atoms with Crippen LogP contribution in [0.15, 0.2) is 49.2 Å². The summed E-state index contributed by atoms with van der Waals surface area (Å²) in [6.45, 7) is 0.243. The number of anilines is 2. The van der Waals surface area contributed by atoms with Crippen molar-refractivity contribution in [2.75, 3.05) is 11.9 Å². The summed E-state index contributed by atoms with van der Waals surface area (Å²) in [6.07, 6.45) is 4.20. The number of aromatic nitrogens is 4. The van der Waals surface area contributed by atoms with Crippen LogP contribution in [-0.4, -0.2) is 32.4 Å². The van der Waals surface area contributed by atoms with Crippen LogP contribution in [0.4, 0.5) is 24.7 Å². The van der Waals surface area contributed by atoms with Gasteiger partial charge in [-0.15, -0.1) is 0 Å². The van der Waals surface area contributed by atoms with Gasteiger partial charge in [0.15, 0.2) is 11.5 Å². The highest BCUT2D eigenvalue weighted by atomic mass is 19.4. The number of nitrogens with one attached hydrogen (secondary N) is 2. The predicted molar refractivity (Wildman–Crippen MR) is 107 cm³/mol. The number of benzene rings is 1. The van der Waals surface area contributed by atoms with Gasteiger partial charge in [0.2, 0.25) is 0 Å². The molecule has 2 heterocycles. The van der Waals surface area contributed by atoms with E-state index in [1.807, 2.05) is 0 Å². The average molecular weight is 428 g/mol. The molecule has 1 aliphatic rings. The van der Waals surface area contributed by atoms with Gasteiger partial charge >= 0.3 is 6.18 Å². The molecule has 0 aliphatic heterocycles. The van der Waals surface area contributed by atoms with Crippen LogP contribution in [-0.2, 0) is 12.6 Å². The Morgan fingerprint density at radius 2 is 1.77 bits per heavy atom. The Labute approximate surface area is 176 Å². The van der Waals surface area contributed by atoms with Crippen LogP contribution < -0.4 is 10.6 Å². The first kappa shape index (κ1) is 20.7. The minimum absolute atomic E-state index is 0.153. The molecular weight excluding hydrogens is 409 g/mol. The van der Waals surface area contributed by atoms with Gasteiger partial charge in [-0.1, -0.05) is 12.1 Å². The van der Waals surface area contributed by atoms with Gasteiger partial charge < -0.3 is 10.6 Å². The van der Waals surface area contributed by atoms with Crippen molar-refractivity contribution >= 4 is 17.4 Å². The zero-order chi connectivity index (χ0) is 21.8. The molecule has 1 fully saturated rings. The van der Waals surface area contributed by atoms with E-state index >= 15 is 0 Å². The number of hydrogen-bond donors (Lipinski definition) is 2. The van der Waals surface area contributed by atoms with E-state index < -0.39 is 17.6 Å². The van der Waals surface area contributed by atoms with Gasteiger partial charge in [0, 0.05) is 12.5 Å². The third-order valence-corrected chi connectivity index (χ3v) is 4.81. The Kier molecular flexibility index (Phi) is 5.79. The standard InChI is InChI=1S/C21H19F3N6O/c22-21(23,24)15-5-1-13(2-6-15)7-8-27-20(31)18-19(29-16-9-25-12-26-10-16)28-11-17(30-18)14-3-4-14/h1-2,5-6,9-12,14H,3-4,7-8H2,(H,27,31)(H,28,29). The van der Waals surface area contributed by atoms with Crippen molar-refractivity contribution in [1.82, 2.24) is 25.3 Å². The first-order valence-electron chi connectivity index (χ1n) is 9.73. The van der Waals surface area contributed by atoms with Crippen LogP contribution in [0.25, 0.3) is 0 Å². The summed E-state index contributed by atoms with van der Waals surface area (Å²) in [6, 6.07) is 4.88. The maximum atomic E-state index is 12.8. The fraction of sp³-hybridized carbons (Fsp3) is 0.286. The van der Waals surface area contributed by atoms with E-state index in [1.54, 1.807) is 18.6 Å². The lowest BCUT2D eigenvalue weighted by Crippen LogP contribution is -2.28. The van der Waals surface area contributed by atoms with E-state index in [4.69, 9.17) is 0 Å². The molecule has 10 heteroatoms. The van der Waals surface area contributed by atoms with Crippen molar-refractivity contribution in [3.05, 3.63) is 71.7 Å². The second-order valence-corrected chi connectivity index (χ2v) is 7.22. The van der Waals surface area contributed by atoms with E-state index in [9.17, 15) is 18.0 Å². The monoisotopic (exact) mass is 428 g/mol. The number of alkyl halides is 3. The summed E-state index contributed by atoms with van der Waals surface area (Å²) in [7, 11) is 0. The third-order valence-electron chi connectivity index (χ3n) is 4.81. The third kappa shape index (κ3) is 5.33. The number of hydrogen-bond acceptors (Lipinski definition) is 6. The largest absolute Gasteiger partial charge is 0.416 e. The minimum atomic E-state index is -4.37. The summed E-state index contributed by atoms with van der Waals surface area (Å²) in [4.78, 5) is 29.5. The number of rotatable bonds is 7. The smallest absolute Gasteiger partial charge is 0.350 e. The zero-order valence-corrected chi connectivity index (χ0v) is 16.4. The number of carbonyl (C=O) groups excluding carboxylic acids is 1. The maximum Gasteiger partial charge on any atom is 0.416 e. The molecule has 31 heavy (non-hydrogen) atoms. The molecule has 2 aromatic heterocycles. The number of carbonyl (C=O) groups is 1. The molecule has 0 spiro atoms. The summed E-state index contributed by atoms with van der Waals surface area (Å²) >= 11 is 0. The number of nitrogens with zero attached hydrogens (tertiary/aromatic N) is 4. The normalized spacial score (nSPS) is 13.6. The minimum Gasteiger partial charge on any atom is -0.350 e. The Bertz CT molecular complexity index is 1050. The summed E-state index contributed by atoms with van der Waals surface area (Å²) < 4.78 is 38.0. The average Bonchev–Trinajstić information content (AvgIpc) is 3.60. The van der Waals surface area contributed by atoms with Crippen molar-refractivity contribution in [3.63, 3.8) is 0 Å². The van der Waals surface area contributed by atoms with Crippen LogP contribution in [0.2, 0.25) is 0 Å². The summed E-state index contributed by atoms with van der Waals surface area (Å²) in [5.41, 5.74) is 1.47. The summed E-state index contributed by atoms with van der Waals surface area (Å²) in [5, 5.41) is 5.77. The van der Waals surface area contributed by atoms with E-state index in [2.05, 4.69) is 30.6 Å². The Balaban J connectivity index is 1.43. The maximum absolute atomic E-state index is 12.8. The second kappa shape index (κ2) is 8.66. The lowest BCUT2D eigenvalue weighted by molar-refractivity contribution is -0.137. The van der Waals surface area contributed by atoms with Crippen LogP contribution in [0.1, 0.15) is 46.1 Å². The van der Waals surface area contributed by atoms with Gasteiger partial charge in [0.25, 0.3) is 5.91 Å². The fourth-order valence-corrected chi connectivity index (χ4v) is 2.99. The lowest BCUT2D eigenvalue weighted by atomic mass is 10.1. The Morgan fingerprint density at radius 3 is 2.42 bits per heavy atom. The fourth-order valence-electron chi connectivity index (χ4n) is 2.99. The highest BCUT2D eigenvalue weighted by Gasteiger charge is 2.30. The second-order valence-electron chi connectivity index (χ2n) is 7.22. The van der Waals surface area contributed by atoms with Gasteiger partial charge in [-0.05, 0) is 37.0 Å². The van der Waals surface area contributed by atoms with Crippen LogP contribution in [0.5, 0.6) is 0 Å². The molecule has 1 saturated carbocycles. The zero-order valence-electron chi connectivity index (χ0n) is 16.4. The molecule has 0 bridgehead atoms. The van der Waals surface area contributed by atoms with E-state index in [0.29, 0.717) is 23.6 Å². The van der Waals surface area contributed by atoms with Gasteiger partial charge in [0.05, 0.1) is 35.5 Å². The van der Waals surface area contributed by atoms with E-state index in [0.717, 1.165) is 30.7 Å². The van der Waals surface area contributed by atoms with Gasteiger partial charge in [-0.25, -0.2) is 19.9 Å². The van der Waals surface area contributed by atoms with Crippen LogP contribution in [0.3, 0.4) is 0 Å². The summed E-state index contributed by atoms with van der Waals surface area (Å²) in [5.74, 6) is 0.188. The molecule has 1 amide bonds. The van der Waals surface area contributed by atoms with Crippen molar-refractivity contribution in [1.29, 1.82) is 0 Å². The quantitative estimate of drug-likeness (QED) is 0.593. The van der Waals surface area contributed by atoms with E-state index in [1.165, 1.54) is 18.5 Å². The molecule has 0 unspecified atom stereocenters. The molecule has 7 nitrogen and oxygen atoms in total. The Morgan fingerprint density at radius 1 is 1.06 bits per heavy atom. The number of halogens is 3. The lowest BCUT2D eigenvalue weighted by Gasteiger charge is -2.12. The molecular formula is C21H19F3N6O. The molecule has 2 N–H and O–H groups in total. The molecule has 0 radical (unpaired) electrons. The predicted octanol–water partition coefficient (Wildman–Crippen LogP) is 3.88. The molecule has 0 saturated heterocycles. The highest BCUT2D eigenvalue weighted by molar-refractivity contribution is 5.97. The van der Waals surface area contributed by atoms with Crippen LogP contribution in [0, 0.1) is 0 Å². The molecule has 1 aliphatic carbocycles. The molecule has 1 aromatic carbocycles. The van der Waals surface area contributed by atoms with Gasteiger partial charge in [0.1, 0.15) is 6.33 Å². The van der Waals surface area contributed by atoms with Crippen LogP contribution >= 0.6 is 0 Å². The van der Waals surface area contributed by atoms with Crippen molar-refractivity contribution in [2.45, 2.75) is 31.4 Å². The highest BCUT2D eigenvalue weighted by Crippen LogP contribution is 2.39. The molecule has 4 rings (SSSR count). The topological polar surface area (TPSA) is 92.7 Å². The molecule has 0 atom stereocenters. The van der Waals surface area contributed by atoms with Crippen molar-refractivity contribution in [3.8, 4) is 0 Å². The van der Waals surface area contributed by atoms with Crippen molar-refractivity contribution in [2.24, 2.45) is 0 Å². The van der Waals surface area contributed by atoms with E-state index in [-0.39, 0.29) is 18.1 Å². The molecule has 3 aromatic rings. The first-order chi connectivity index (χ1) is 14.9. The van der Waals surface area contributed by atoms with Crippen molar-refractivity contribution < 1.29 is 18.0 Å².